The summed E-state index contributed by atoms with van der Waals surface area (Å²) in [7, 11) is 0. The minimum Gasteiger partial charge on any atom is -0.370 e. The molecule has 1 aliphatic carbocycles. The maximum absolute atomic E-state index is 12.1. The molecule has 128 valence electrons. The number of pyridine rings is 1. The van der Waals surface area contributed by atoms with Crippen molar-refractivity contribution in [1.29, 1.82) is 5.26 Å². The van der Waals surface area contributed by atoms with Crippen molar-refractivity contribution in [3.8, 4) is 6.07 Å². The van der Waals surface area contributed by atoms with Crippen molar-refractivity contribution in [3.63, 3.8) is 0 Å². The van der Waals surface area contributed by atoms with E-state index >= 15 is 0 Å². The summed E-state index contributed by atoms with van der Waals surface area (Å²) < 4.78 is 0. The lowest BCUT2D eigenvalue weighted by molar-refractivity contribution is -0.128. The average molecular weight is 345 g/mol. The lowest BCUT2D eigenvalue weighted by atomic mass is 10.1. The van der Waals surface area contributed by atoms with Gasteiger partial charge in [-0.15, -0.1) is 11.8 Å². The van der Waals surface area contributed by atoms with Crippen LogP contribution in [0.1, 0.15) is 24.8 Å². The van der Waals surface area contributed by atoms with Crippen LogP contribution in [0.15, 0.2) is 18.3 Å². The summed E-state index contributed by atoms with van der Waals surface area (Å²) in [5, 5.41) is 15.5. The van der Waals surface area contributed by atoms with Crippen molar-refractivity contribution in [3.05, 3.63) is 23.9 Å². The van der Waals surface area contributed by atoms with Crippen molar-refractivity contribution >= 4 is 23.5 Å². The van der Waals surface area contributed by atoms with Gasteiger partial charge in [0.2, 0.25) is 5.91 Å². The Kier molecular flexibility index (Phi) is 5.94. The summed E-state index contributed by atoms with van der Waals surface area (Å²) in [5.41, 5.74) is 0.576. The molecule has 2 N–H and O–H groups in total. The molecule has 1 amide bonds. The van der Waals surface area contributed by atoms with Crippen LogP contribution < -0.4 is 10.6 Å². The van der Waals surface area contributed by atoms with Gasteiger partial charge in [0.25, 0.3) is 0 Å². The SMILES string of the molecule is N#Cc1ccc(NCC2CCC(NCC(=O)N3CCSC3)C2)nc1. The number of carbonyl (C=O) groups is 1. The summed E-state index contributed by atoms with van der Waals surface area (Å²) in [4.78, 5) is 18.2. The van der Waals surface area contributed by atoms with Crippen molar-refractivity contribution in [1.82, 2.24) is 15.2 Å². The first-order valence-electron chi connectivity index (χ1n) is 8.43. The van der Waals surface area contributed by atoms with E-state index in [1.807, 2.05) is 22.7 Å². The third-order valence-corrected chi connectivity index (χ3v) is 5.62. The van der Waals surface area contributed by atoms with Gasteiger partial charge in [0, 0.05) is 31.1 Å². The van der Waals surface area contributed by atoms with Crippen LogP contribution in [-0.2, 0) is 4.79 Å². The highest BCUT2D eigenvalue weighted by Gasteiger charge is 2.26. The Bertz CT molecular complexity index is 594. The molecule has 3 rings (SSSR count). The molecule has 2 atom stereocenters. The lowest BCUT2D eigenvalue weighted by Gasteiger charge is -2.18. The topological polar surface area (TPSA) is 81.0 Å². The number of aromatic nitrogens is 1. The molecule has 0 bridgehead atoms. The summed E-state index contributed by atoms with van der Waals surface area (Å²) >= 11 is 1.82. The Labute approximate surface area is 147 Å². The van der Waals surface area contributed by atoms with Gasteiger partial charge in [-0.2, -0.15) is 5.26 Å². The third kappa shape index (κ3) is 4.62. The fourth-order valence-electron chi connectivity index (χ4n) is 3.21. The molecule has 0 radical (unpaired) electrons. The van der Waals surface area contributed by atoms with E-state index in [1.165, 1.54) is 0 Å². The molecule has 2 unspecified atom stereocenters. The van der Waals surface area contributed by atoms with Crippen molar-refractivity contribution in [2.24, 2.45) is 5.92 Å². The zero-order chi connectivity index (χ0) is 16.8. The smallest absolute Gasteiger partial charge is 0.237 e. The number of amides is 1. The van der Waals surface area contributed by atoms with E-state index in [9.17, 15) is 4.79 Å². The molecule has 24 heavy (non-hydrogen) atoms. The lowest BCUT2D eigenvalue weighted by Crippen LogP contribution is -2.39. The zero-order valence-corrected chi connectivity index (χ0v) is 14.5. The Morgan fingerprint density at radius 3 is 3.08 bits per heavy atom. The number of hydrogen-bond acceptors (Lipinski definition) is 6. The molecule has 6 nitrogen and oxygen atoms in total. The molecule has 7 heteroatoms. The maximum atomic E-state index is 12.1. The summed E-state index contributed by atoms with van der Waals surface area (Å²) in [5.74, 6) is 3.54. The zero-order valence-electron chi connectivity index (χ0n) is 13.7. The second-order valence-corrected chi connectivity index (χ2v) is 7.45. The average Bonchev–Trinajstić information content (AvgIpc) is 3.30. The van der Waals surface area contributed by atoms with Gasteiger partial charge in [-0.1, -0.05) is 0 Å². The highest BCUT2D eigenvalue weighted by molar-refractivity contribution is 7.99. The first-order valence-corrected chi connectivity index (χ1v) is 9.59. The Morgan fingerprint density at radius 1 is 1.46 bits per heavy atom. The first kappa shape index (κ1) is 17.1. The molecule has 1 saturated carbocycles. The van der Waals surface area contributed by atoms with Gasteiger partial charge in [-0.3, -0.25) is 4.79 Å². The van der Waals surface area contributed by atoms with Gasteiger partial charge in [-0.25, -0.2) is 4.98 Å². The Balaban J connectivity index is 1.35. The van der Waals surface area contributed by atoms with Crippen LogP contribution in [-0.4, -0.2) is 53.1 Å². The molecule has 2 fully saturated rings. The van der Waals surface area contributed by atoms with E-state index in [1.54, 1.807) is 12.3 Å². The first-order chi connectivity index (χ1) is 11.7. The van der Waals surface area contributed by atoms with Crippen LogP contribution in [0.3, 0.4) is 0 Å². The van der Waals surface area contributed by atoms with E-state index in [0.717, 1.165) is 49.8 Å². The van der Waals surface area contributed by atoms with Crippen LogP contribution in [0.5, 0.6) is 0 Å². The molecule has 0 aromatic carbocycles. The van der Waals surface area contributed by atoms with Crippen molar-refractivity contribution < 1.29 is 4.79 Å². The van der Waals surface area contributed by atoms with E-state index in [0.29, 0.717) is 24.1 Å². The van der Waals surface area contributed by atoms with Gasteiger partial charge in [-0.05, 0) is 37.3 Å². The molecule has 0 spiro atoms. The van der Waals surface area contributed by atoms with Crippen LogP contribution in [0, 0.1) is 17.2 Å². The number of hydrogen-bond donors (Lipinski definition) is 2. The molecule has 2 heterocycles. The second-order valence-electron chi connectivity index (χ2n) is 6.38. The largest absolute Gasteiger partial charge is 0.370 e. The number of nitriles is 1. The minimum absolute atomic E-state index is 0.225. The summed E-state index contributed by atoms with van der Waals surface area (Å²) in [6, 6.07) is 6.12. The summed E-state index contributed by atoms with van der Waals surface area (Å²) in [6.45, 7) is 2.23. The van der Waals surface area contributed by atoms with Crippen molar-refractivity contribution in [2.45, 2.75) is 25.3 Å². The molecule has 1 aliphatic heterocycles. The second kappa shape index (κ2) is 8.36. The normalized spacial score (nSPS) is 23.2. The van der Waals surface area contributed by atoms with Crippen LogP contribution >= 0.6 is 11.8 Å². The van der Waals surface area contributed by atoms with E-state index in [-0.39, 0.29) is 5.91 Å². The fourth-order valence-corrected chi connectivity index (χ4v) is 4.19. The molecule has 2 aliphatic rings. The molecule has 1 aromatic heterocycles. The minimum atomic E-state index is 0.225. The molecular formula is C17H23N5OS. The number of anilines is 1. The molecule has 1 saturated heterocycles. The quantitative estimate of drug-likeness (QED) is 0.816. The Hall–Kier alpha value is -1.78. The fraction of sp³-hybridized carbons (Fsp3) is 0.588. The number of rotatable bonds is 6. The van der Waals surface area contributed by atoms with Crippen LogP contribution in [0.2, 0.25) is 0 Å². The van der Waals surface area contributed by atoms with Gasteiger partial charge < -0.3 is 15.5 Å². The maximum Gasteiger partial charge on any atom is 0.237 e. The van der Waals surface area contributed by atoms with Gasteiger partial charge >= 0.3 is 0 Å². The predicted molar refractivity (Wildman–Crippen MR) is 95.6 cm³/mol. The Morgan fingerprint density at radius 2 is 2.38 bits per heavy atom. The standard InChI is InChI=1S/C17H23N5OS/c18-8-14-2-4-16(21-10-14)20-9-13-1-3-15(7-13)19-11-17(23)22-5-6-24-12-22/h2,4,10,13,15,19H,1,3,5-7,9,11-12H2,(H,20,21). The number of nitrogens with one attached hydrogen (secondary N) is 2. The third-order valence-electron chi connectivity index (χ3n) is 4.65. The van der Waals surface area contributed by atoms with Gasteiger partial charge in [0.15, 0.2) is 0 Å². The van der Waals surface area contributed by atoms with Crippen molar-refractivity contribution in [2.75, 3.05) is 36.6 Å². The van der Waals surface area contributed by atoms with E-state index in [2.05, 4.69) is 21.7 Å². The number of thioether (sulfide) groups is 1. The highest BCUT2D eigenvalue weighted by atomic mass is 32.2. The van der Waals surface area contributed by atoms with Gasteiger partial charge in [0.05, 0.1) is 18.0 Å². The monoisotopic (exact) mass is 345 g/mol. The van der Waals surface area contributed by atoms with E-state index < -0.39 is 0 Å². The van der Waals surface area contributed by atoms with Crippen LogP contribution in [0.25, 0.3) is 0 Å². The van der Waals surface area contributed by atoms with E-state index in [4.69, 9.17) is 5.26 Å². The highest BCUT2D eigenvalue weighted by Crippen LogP contribution is 2.25. The summed E-state index contributed by atoms with van der Waals surface area (Å²) in [6.07, 6.45) is 4.96. The van der Waals surface area contributed by atoms with Gasteiger partial charge in [0.1, 0.15) is 11.9 Å². The number of carbonyl (C=O) groups excluding carboxylic acids is 1. The molecular weight excluding hydrogens is 322 g/mol. The molecule has 1 aromatic rings. The van der Waals surface area contributed by atoms with Crippen LogP contribution in [0.4, 0.5) is 5.82 Å². The number of nitrogens with zero attached hydrogens (tertiary/aromatic N) is 3. The predicted octanol–water partition coefficient (Wildman–Crippen LogP) is 1.66.